The van der Waals surface area contributed by atoms with E-state index in [9.17, 15) is 0 Å². The summed E-state index contributed by atoms with van der Waals surface area (Å²) < 4.78 is 0. The van der Waals surface area contributed by atoms with E-state index in [2.05, 4.69) is 48.1 Å². The fourth-order valence-electron chi connectivity index (χ4n) is 1.92. The summed E-state index contributed by atoms with van der Waals surface area (Å²) in [6, 6.07) is 5.08. The zero-order chi connectivity index (χ0) is 12.8. The largest absolute Gasteiger partial charge is 0.367 e. The molecule has 0 amide bonds. The van der Waals surface area contributed by atoms with Crippen LogP contribution >= 0.6 is 0 Å². The van der Waals surface area contributed by atoms with Crippen molar-refractivity contribution in [2.75, 3.05) is 18.4 Å². The van der Waals surface area contributed by atoms with Gasteiger partial charge in [0.25, 0.3) is 0 Å². The van der Waals surface area contributed by atoms with Crippen LogP contribution in [0, 0.1) is 6.92 Å². The molecule has 0 atom stereocenters. The standard InChI is InChI=1S/C13H24N4/c1-10(2)17(11(3)4)9-8-14-13-7-6-12(5)15-16-13/h6-7,10-11H,8-9H2,1-5H3,(H,14,16). The van der Waals surface area contributed by atoms with Crippen molar-refractivity contribution >= 4 is 5.82 Å². The van der Waals surface area contributed by atoms with Crippen LogP contribution in [0.2, 0.25) is 0 Å². The van der Waals surface area contributed by atoms with Crippen molar-refractivity contribution < 1.29 is 0 Å². The van der Waals surface area contributed by atoms with Crippen LogP contribution in [-0.2, 0) is 0 Å². The molecule has 0 saturated carbocycles. The van der Waals surface area contributed by atoms with Gasteiger partial charge in [-0.05, 0) is 46.8 Å². The van der Waals surface area contributed by atoms with Gasteiger partial charge in [0.05, 0.1) is 5.69 Å². The Morgan fingerprint density at radius 1 is 1.12 bits per heavy atom. The SMILES string of the molecule is Cc1ccc(NCCN(C(C)C)C(C)C)nn1. The molecular formula is C13H24N4. The third-order valence-corrected chi connectivity index (χ3v) is 2.80. The summed E-state index contributed by atoms with van der Waals surface area (Å²) in [6.45, 7) is 12.8. The molecule has 0 spiro atoms. The van der Waals surface area contributed by atoms with E-state index in [0.717, 1.165) is 24.6 Å². The summed E-state index contributed by atoms with van der Waals surface area (Å²) in [4.78, 5) is 2.45. The first-order valence-corrected chi connectivity index (χ1v) is 6.30. The first-order chi connectivity index (χ1) is 8.00. The maximum Gasteiger partial charge on any atom is 0.148 e. The van der Waals surface area contributed by atoms with Gasteiger partial charge in [0, 0.05) is 25.2 Å². The third kappa shape index (κ3) is 4.69. The number of aromatic nitrogens is 2. The topological polar surface area (TPSA) is 41.0 Å². The van der Waals surface area contributed by atoms with E-state index in [1.54, 1.807) is 0 Å². The predicted octanol–water partition coefficient (Wildman–Crippen LogP) is 2.32. The summed E-state index contributed by atoms with van der Waals surface area (Å²) in [6.07, 6.45) is 0. The van der Waals surface area contributed by atoms with Gasteiger partial charge in [0.1, 0.15) is 5.82 Å². The Labute approximate surface area is 104 Å². The lowest BCUT2D eigenvalue weighted by Crippen LogP contribution is -2.40. The molecule has 0 fully saturated rings. The van der Waals surface area contributed by atoms with Crippen LogP contribution in [0.1, 0.15) is 33.4 Å². The van der Waals surface area contributed by atoms with E-state index < -0.39 is 0 Å². The summed E-state index contributed by atoms with van der Waals surface area (Å²) in [5.74, 6) is 0.850. The van der Waals surface area contributed by atoms with Crippen LogP contribution in [0.5, 0.6) is 0 Å². The second kappa shape index (κ2) is 6.55. The highest BCUT2D eigenvalue weighted by Crippen LogP contribution is 2.05. The van der Waals surface area contributed by atoms with Crippen LogP contribution in [0.25, 0.3) is 0 Å². The molecule has 0 aromatic carbocycles. The van der Waals surface area contributed by atoms with Gasteiger partial charge in [-0.2, -0.15) is 5.10 Å². The quantitative estimate of drug-likeness (QED) is 0.823. The van der Waals surface area contributed by atoms with Gasteiger partial charge in [-0.3, -0.25) is 4.90 Å². The van der Waals surface area contributed by atoms with Crippen LogP contribution < -0.4 is 5.32 Å². The summed E-state index contributed by atoms with van der Waals surface area (Å²) in [5, 5.41) is 11.4. The molecule has 1 rings (SSSR count). The highest BCUT2D eigenvalue weighted by molar-refractivity contribution is 5.32. The highest BCUT2D eigenvalue weighted by Gasteiger charge is 2.12. The first kappa shape index (κ1) is 13.9. The molecule has 0 aliphatic rings. The Balaban J connectivity index is 2.38. The minimum atomic E-state index is 0.570. The first-order valence-electron chi connectivity index (χ1n) is 6.30. The van der Waals surface area contributed by atoms with Gasteiger partial charge in [-0.25, -0.2) is 0 Å². The van der Waals surface area contributed by atoms with Crippen LogP contribution in [0.15, 0.2) is 12.1 Å². The van der Waals surface area contributed by atoms with Crippen molar-refractivity contribution in [2.45, 2.75) is 46.7 Å². The summed E-state index contributed by atoms with van der Waals surface area (Å²) in [5.41, 5.74) is 0.946. The van der Waals surface area contributed by atoms with Gasteiger partial charge in [-0.15, -0.1) is 5.10 Å². The molecule has 0 aliphatic heterocycles. The molecule has 96 valence electrons. The van der Waals surface area contributed by atoms with Crippen molar-refractivity contribution in [3.63, 3.8) is 0 Å². The normalized spacial score (nSPS) is 11.5. The fourth-order valence-corrected chi connectivity index (χ4v) is 1.92. The monoisotopic (exact) mass is 236 g/mol. The lowest BCUT2D eigenvalue weighted by atomic mass is 10.2. The molecule has 0 bridgehead atoms. The lowest BCUT2D eigenvalue weighted by molar-refractivity contribution is 0.182. The number of anilines is 1. The van der Waals surface area contributed by atoms with E-state index in [0.29, 0.717) is 12.1 Å². The van der Waals surface area contributed by atoms with Crippen molar-refractivity contribution in [2.24, 2.45) is 0 Å². The average Bonchev–Trinajstić information content (AvgIpc) is 2.25. The minimum Gasteiger partial charge on any atom is -0.367 e. The second-order valence-electron chi connectivity index (χ2n) is 4.91. The fraction of sp³-hybridized carbons (Fsp3) is 0.692. The Kier molecular flexibility index (Phi) is 5.35. The van der Waals surface area contributed by atoms with E-state index in [-0.39, 0.29) is 0 Å². The third-order valence-electron chi connectivity index (χ3n) is 2.80. The van der Waals surface area contributed by atoms with Gasteiger partial charge in [0.2, 0.25) is 0 Å². The Hall–Kier alpha value is -1.16. The Morgan fingerprint density at radius 2 is 1.76 bits per heavy atom. The molecular weight excluding hydrogens is 212 g/mol. The molecule has 4 heteroatoms. The number of nitrogens with one attached hydrogen (secondary N) is 1. The zero-order valence-corrected chi connectivity index (χ0v) is 11.6. The molecule has 0 radical (unpaired) electrons. The number of hydrogen-bond acceptors (Lipinski definition) is 4. The molecule has 1 aromatic heterocycles. The van der Waals surface area contributed by atoms with Crippen LogP contribution in [0.4, 0.5) is 5.82 Å². The summed E-state index contributed by atoms with van der Waals surface area (Å²) in [7, 11) is 0. The van der Waals surface area contributed by atoms with Crippen molar-refractivity contribution in [1.29, 1.82) is 0 Å². The molecule has 1 heterocycles. The smallest absolute Gasteiger partial charge is 0.148 e. The molecule has 4 nitrogen and oxygen atoms in total. The van der Waals surface area contributed by atoms with Gasteiger partial charge in [0.15, 0.2) is 0 Å². The molecule has 1 N–H and O–H groups in total. The average molecular weight is 236 g/mol. The molecule has 0 aliphatic carbocycles. The number of aryl methyl sites for hydroxylation is 1. The number of nitrogens with zero attached hydrogens (tertiary/aromatic N) is 3. The van der Waals surface area contributed by atoms with Crippen molar-refractivity contribution in [1.82, 2.24) is 15.1 Å². The molecule has 1 aromatic rings. The van der Waals surface area contributed by atoms with Crippen LogP contribution in [-0.4, -0.2) is 40.3 Å². The maximum atomic E-state index is 4.09. The highest BCUT2D eigenvalue weighted by atomic mass is 15.2. The van der Waals surface area contributed by atoms with E-state index in [1.165, 1.54) is 0 Å². The van der Waals surface area contributed by atoms with E-state index in [4.69, 9.17) is 0 Å². The van der Waals surface area contributed by atoms with Gasteiger partial charge >= 0.3 is 0 Å². The summed E-state index contributed by atoms with van der Waals surface area (Å²) >= 11 is 0. The Morgan fingerprint density at radius 3 is 2.24 bits per heavy atom. The predicted molar refractivity (Wildman–Crippen MR) is 72.2 cm³/mol. The molecule has 17 heavy (non-hydrogen) atoms. The molecule has 0 unspecified atom stereocenters. The van der Waals surface area contributed by atoms with E-state index >= 15 is 0 Å². The van der Waals surface area contributed by atoms with Crippen molar-refractivity contribution in [3.05, 3.63) is 17.8 Å². The second-order valence-corrected chi connectivity index (χ2v) is 4.91. The van der Waals surface area contributed by atoms with Gasteiger partial charge < -0.3 is 5.32 Å². The van der Waals surface area contributed by atoms with Crippen LogP contribution in [0.3, 0.4) is 0 Å². The number of hydrogen-bond donors (Lipinski definition) is 1. The molecule has 0 saturated heterocycles. The number of rotatable bonds is 6. The van der Waals surface area contributed by atoms with E-state index in [1.807, 2.05) is 19.1 Å². The minimum absolute atomic E-state index is 0.570. The maximum absolute atomic E-state index is 4.09. The Bertz CT molecular complexity index is 311. The zero-order valence-electron chi connectivity index (χ0n) is 11.6. The lowest BCUT2D eigenvalue weighted by Gasteiger charge is -2.30. The van der Waals surface area contributed by atoms with Gasteiger partial charge in [-0.1, -0.05) is 0 Å². The van der Waals surface area contributed by atoms with Crippen molar-refractivity contribution in [3.8, 4) is 0 Å².